The topological polar surface area (TPSA) is 42.0 Å². The Morgan fingerprint density at radius 2 is 1.94 bits per heavy atom. The van der Waals surface area contributed by atoms with Gasteiger partial charge in [0, 0.05) is 24.2 Å². The Labute approximate surface area is 99.5 Å². The third-order valence-corrected chi connectivity index (χ3v) is 3.02. The van der Waals surface area contributed by atoms with Crippen molar-refractivity contribution in [1.82, 2.24) is 10.3 Å². The Morgan fingerprint density at radius 3 is 2.76 bits per heavy atom. The maximum Gasteiger partial charge on any atom is 0.217 e. The summed E-state index contributed by atoms with van der Waals surface area (Å²) in [5.41, 5.74) is 4.28. The Bertz CT molecular complexity index is 547. The molecule has 0 saturated heterocycles. The van der Waals surface area contributed by atoms with Crippen molar-refractivity contribution < 1.29 is 4.79 Å². The van der Waals surface area contributed by atoms with Crippen molar-refractivity contribution in [3.63, 3.8) is 0 Å². The van der Waals surface area contributed by atoms with Crippen molar-refractivity contribution >= 4 is 5.91 Å². The van der Waals surface area contributed by atoms with Gasteiger partial charge < -0.3 is 5.32 Å². The van der Waals surface area contributed by atoms with Crippen LogP contribution in [0.15, 0.2) is 42.6 Å². The Morgan fingerprint density at radius 1 is 1.18 bits per heavy atom. The fourth-order valence-electron chi connectivity index (χ4n) is 2.37. The molecule has 1 aliphatic carbocycles. The Balaban J connectivity index is 2.20. The van der Waals surface area contributed by atoms with Gasteiger partial charge in [0.05, 0.1) is 11.7 Å². The van der Waals surface area contributed by atoms with Crippen molar-refractivity contribution in [3.8, 4) is 11.3 Å². The average molecular weight is 224 g/mol. The predicted molar refractivity (Wildman–Crippen MR) is 65.3 cm³/mol. The van der Waals surface area contributed by atoms with E-state index in [2.05, 4.69) is 10.3 Å². The van der Waals surface area contributed by atoms with Crippen molar-refractivity contribution in [2.24, 2.45) is 0 Å². The molecule has 0 bridgehead atoms. The van der Waals surface area contributed by atoms with Crippen LogP contribution in [-0.2, 0) is 4.79 Å². The van der Waals surface area contributed by atoms with Crippen LogP contribution in [0.4, 0.5) is 0 Å². The summed E-state index contributed by atoms with van der Waals surface area (Å²) in [5.74, 6) is -0.0264. The molecule has 3 nitrogen and oxygen atoms in total. The van der Waals surface area contributed by atoms with E-state index in [0.29, 0.717) is 0 Å². The molecule has 84 valence electrons. The van der Waals surface area contributed by atoms with E-state index in [-0.39, 0.29) is 11.9 Å². The Hall–Kier alpha value is -2.16. The Kier molecular flexibility index (Phi) is 2.18. The molecule has 1 aliphatic rings. The standard InChI is InChI=1S/C14H12N2O/c1-9(17)16-14-11-6-3-2-5-10(11)13-12(14)7-4-8-15-13/h2-8,14H,1H3,(H,16,17)/t14-/m0/s1. The molecule has 0 fully saturated rings. The molecule has 2 aromatic rings. The minimum Gasteiger partial charge on any atom is -0.345 e. The lowest BCUT2D eigenvalue weighted by molar-refractivity contribution is -0.119. The second-order valence-electron chi connectivity index (χ2n) is 4.16. The van der Waals surface area contributed by atoms with Gasteiger partial charge in [-0.15, -0.1) is 0 Å². The molecule has 1 aromatic carbocycles. The highest BCUT2D eigenvalue weighted by molar-refractivity contribution is 5.80. The van der Waals surface area contributed by atoms with Crippen molar-refractivity contribution in [3.05, 3.63) is 53.7 Å². The zero-order valence-electron chi connectivity index (χ0n) is 9.47. The second-order valence-corrected chi connectivity index (χ2v) is 4.16. The van der Waals surface area contributed by atoms with Crippen molar-refractivity contribution in [1.29, 1.82) is 0 Å². The molecule has 1 N–H and O–H groups in total. The molecule has 0 saturated carbocycles. The summed E-state index contributed by atoms with van der Waals surface area (Å²) < 4.78 is 0. The molecule has 1 aromatic heterocycles. The molecule has 3 heteroatoms. The minimum atomic E-state index is -0.0626. The molecule has 0 unspecified atom stereocenters. The zero-order chi connectivity index (χ0) is 11.8. The number of hydrogen-bond acceptors (Lipinski definition) is 2. The van der Waals surface area contributed by atoms with Gasteiger partial charge in [0.25, 0.3) is 0 Å². The molecule has 1 amide bonds. The van der Waals surface area contributed by atoms with Crippen molar-refractivity contribution in [2.45, 2.75) is 13.0 Å². The molecule has 0 radical (unpaired) electrons. The van der Waals surface area contributed by atoms with Crippen LogP contribution < -0.4 is 5.32 Å². The number of nitrogens with zero attached hydrogens (tertiary/aromatic N) is 1. The maximum atomic E-state index is 11.3. The van der Waals surface area contributed by atoms with Crippen LogP contribution in [0.25, 0.3) is 11.3 Å². The van der Waals surface area contributed by atoms with Gasteiger partial charge in [-0.3, -0.25) is 9.78 Å². The lowest BCUT2D eigenvalue weighted by Gasteiger charge is -2.13. The molecular formula is C14H12N2O. The lowest BCUT2D eigenvalue weighted by atomic mass is 10.1. The number of carbonyl (C=O) groups excluding carboxylic acids is 1. The van der Waals surface area contributed by atoms with Crippen LogP contribution >= 0.6 is 0 Å². The molecule has 3 rings (SSSR count). The van der Waals surface area contributed by atoms with E-state index in [0.717, 1.165) is 22.4 Å². The molecule has 1 atom stereocenters. The fraction of sp³-hybridized carbons (Fsp3) is 0.143. The summed E-state index contributed by atoms with van der Waals surface area (Å²) in [6, 6.07) is 11.9. The van der Waals surface area contributed by atoms with Gasteiger partial charge in [-0.05, 0) is 11.6 Å². The first kappa shape index (κ1) is 10.0. The summed E-state index contributed by atoms with van der Waals surface area (Å²) in [6.07, 6.45) is 1.78. The van der Waals surface area contributed by atoms with Gasteiger partial charge in [-0.25, -0.2) is 0 Å². The molecular weight excluding hydrogens is 212 g/mol. The third-order valence-electron chi connectivity index (χ3n) is 3.02. The van der Waals surface area contributed by atoms with E-state index < -0.39 is 0 Å². The number of amides is 1. The van der Waals surface area contributed by atoms with Crippen LogP contribution in [0.3, 0.4) is 0 Å². The first-order chi connectivity index (χ1) is 8.27. The quantitative estimate of drug-likeness (QED) is 0.807. The van der Waals surface area contributed by atoms with Gasteiger partial charge >= 0.3 is 0 Å². The largest absolute Gasteiger partial charge is 0.345 e. The van der Waals surface area contributed by atoms with Gasteiger partial charge in [-0.1, -0.05) is 30.3 Å². The average Bonchev–Trinajstić information content (AvgIpc) is 2.65. The molecule has 1 heterocycles. The van der Waals surface area contributed by atoms with Crippen LogP contribution in [0.2, 0.25) is 0 Å². The van der Waals surface area contributed by atoms with Gasteiger partial charge in [0.2, 0.25) is 5.91 Å². The number of pyridine rings is 1. The maximum absolute atomic E-state index is 11.3. The molecule has 0 aliphatic heterocycles. The van der Waals surface area contributed by atoms with E-state index in [4.69, 9.17) is 0 Å². The first-order valence-electron chi connectivity index (χ1n) is 5.58. The van der Waals surface area contributed by atoms with Crippen LogP contribution in [0.1, 0.15) is 24.1 Å². The minimum absolute atomic E-state index is 0.0264. The summed E-state index contributed by atoms with van der Waals surface area (Å²) in [6.45, 7) is 1.54. The normalized spacial score (nSPS) is 16.2. The van der Waals surface area contributed by atoms with E-state index in [1.54, 1.807) is 6.20 Å². The van der Waals surface area contributed by atoms with E-state index in [9.17, 15) is 4.79 Å². The molecule has 17 heavy (non-hydrogen) atoms. The smallest absolute Gasteiger partial charge is 0.217 e. The van der Waals surface area contributed by atoms with Gasteiger partial charge in [0.15, 0.2) is 0 Å². The summed E-state index contributed by atoms with van der Waals surface area (Å²) in [7, 11) is 0. The number of aromatic nitrogens is 1. The summed E-state index contributed by atoms with van der Waals surface area (Å²) in [5, 5.41) is 2.98. The number of hydrogen-bond donors (Lipinski definition) is 1. The van der Waals surface area contributed by atoms with Gasteiger partial charge in [0.1, 0.15) is 0 Å². The second kappa shape index (κ2) is 3.70. The van der Waals surface area contributed by atoms with Crippen LogP contribution in [0.5, 0.6) is 0 Å². The lowest BCUT2D eigenvalue weighted by Crippen LogP contribution is -2.25. The SMILES string of the molecule is CC(=O)N[C@H]1c2ccccc2-c2ncccc21. The highest BCUT2D eigenvalue weighted by Gasteiger charge is 2.29. The van der Waals surface area contributed by atoms with E-state index >= 15 is 0 Å². The van der Waals surface area contributed by atoms with Gasteiger partial charge in [-0.2, -0.15) is 0 Å². The van der Waals surface area contributed by atoms with Crippen molar-refractivity contribution in [2.75, 3.05) is 0 Å². The third kappa shape index (κ3) is 1.51. The monoisotopic (exact) mass is 224 g/mol. The predicted octanol–water partition coefficient (Wildman–Crippen LogP) is 2.29. The summed E-state index contributed by atoms with van der Waals surface area (Å²) >= 11 is 0. The number of fused-ring (bicyclic) bond motifs is 3. The number of nitrogens with one attached hydrogen (secondary N) is 1. The first-order valence-corrected chi connectivity index (χ1v) is 5.58. The highest BCUT2D eigenvalue weighted by Crippen LogP contribution is 2.41. The van der Waals surface area contributed by atoms with E-state index in [1.165, 1.54) is 6.92 Å². The van der Waals surface area contributed by atoms with E-state index in [1.807, 2.05) is 36.4 Å². The number of benzene rings is 1. The highest BCUT2D eigenvalue weighted by atomic mass is 16.1. The zero-order valence-corrected chi connectivity index (χ0v) is 9.47. The number of rotatable bonds is 1. The fourth-order valence-corrected chi connectivity index (χ4v) is 2.37. The summed E-state index contributed by atoms with van der Waals surface area (Å²) in [4.78, 5) is 15.7. The number of carbonyl (C=O) groups is 1. The molecule has 0 spiro atoms. The van der Waals surface area contributed by atoms with Crippen LogP contribution in [0, 0.1) is 0 Å². The van der Waals surface area contributed by atoms with Crippen LogP contribution in [-0.4, -0.2) is 10.9 Å².